The topological polar surface area (TPSA) is 64.6 Å². The first-order valence-electron chi connectivity index (χ1n) is 5.49. The second kappa shape index (κ2) is 7.59. The summed E-state index contributed by atoms with van der Waals surface area (Å²) in [6.45, 7) is 1.84. The number of hydrogen-bond acceptors (Lipinski definition) is 4. The van der Waals surface area contributed by atoms with Crippen molar-refractivity contribution in [1.82, 2.24) is 26.2 Å². The number of thiocarbonyl (C=S) groups is 2. The molecule has 0 aliphatic heterocycles. The monoisotopic (exact) mass is 296 g/mol. The third kappa shape index (κ3) is 5.58. The molecule has 0 aliphatic rings. The Morgan fingerprint density at radius 2 is 2.00 bits per heavy atom. The van der Waals surface area contributed by atoms with Crippen molar-refractivity contribution in [3.05, 3.63) is 30.1 Å². The summed E-state index contributed by atoms with van der Waals surface area (Å²) in [5, 5.41) is 4.96. The summed E-state index contributed by atoms with van der Waals surface area (Å²) < 4.78 is 0. The van der Waals surface area contributed by atoms with Gasteiger partial charge in [-0.1, -0.05) is 6.07 Å². The predicted octanol–water partition coefficient (Wildman–Crippen LogP) is 0.621. The summed E-state index contributed by atoms with van der Waals surface area (Å²) in [6.07, 6.45) is 1.71. The van der Waals surface area contributed by atoms with Crippen LogP contribution in [0, 0.1) is 0 Å². The molecule has 0 amide bonds. The van der Waals surface area contributed by atoms with Crippen LogP contribution >= 0.6 is 24.4 Å². The van der Waals surface area contributed by atoms with E-state index in [0.29, 0.717) is 10.2 Å². The van der Waals surface area contributed by atoms with Gasteiger partial charge in [0.05, 0.1) is 11.4 Å². The van der Waals surface area contributed by atoms with Gasteiger partial charge in [-0.15, -0.1) is 0 Å². The molecule has 0 saturated heterocycles. The lowest BCUT2D eigenvalue weighted by Gasteiger charge is -2.16. The Balaban J connectivity index is 2.43. The second-order valence-electron chi connectivity index (χ2n) is 3.80. The largest absolute Gasteiger partial charge is 0.354 e. The molecule has 0 fully saturated rings. The zero-order valence-corrected chi connectivity index (χ0v) is 12.6. The van der Waals surface area contributed by atoms with Crippen molar-refractivity contribution in [1.29, 1.82) is 0 Å². The maximum atomic E-state index is 5.04. The van der Waals surface area contributed by atoms with Gasteiger partial charge in [0.1, 0.15) is 0 Å². The van der Waals surface area contributed by atoms with Crippen LogP contribution < -0.4 is 16.3 Å². The minimum absolute atomic E-state index is 0.319. The Morgan fingerprint density at radius 1 is 1.26 bits per heavy atom. The minimum Gasteiger partial charge on any atom is -0.354 e. The van der Waals surface area contributed by atoms with Gasteiger partial charge < -0.3 is 4.90 Å². The SMILES string of the molecule is C/C(=N\NC(=S)NNC(=S)N(C)C)c1ccccn1. The summed E-state index contributed by atoms with van der Waals surface area (Å²) in [5.41, 5.74) is 9.72. The highest BCUT2D eigenvalue weighted by molar-refractivity contribution is 7.80. The van der Waals surface area contributed by atoms with Crippen molar-refractivity contribution in [3.8, 4) is 0 Å². The molecule has 0 aromatic carbocycles. The van der Waals surface area contributed by atoms with Crippen molar-refractivity contribution >= 4 is 40.4 Å². The highest BCUT2D eigenvalue weighted by Gasteiger charge is 2.00. The lowest BCUT2D eigenvalue weighted by molar-refractivity contribution is 0.592. The van der Waals surface area contributed by atoms with E-state index in [1.165, 1.54) is 0 Å². The van der Waals surface area contributed by atoms with Crippen LogP contribution in [0.4, 0.5) is 0 Å². The van der Waals surface area contributed by atoms with E-state index in [-0.39, 0.29) is 0 Å². The van der Waals surface area contributed by atoms with Crippen LogP contribution in [0.3, 0.4) is 0 Å². The molecule has 102 valence electrons. The molecule has 0 saturated carbocycles. The van der Waals surface area contributed by atoms with E-state index < -0.39 is 0 Å². The molecule has 0 radical (unpaired) electrons. The number of aromatic nitrogens is 1. The fraction of sp³-hybridized carbons (Fsp3) is 0.273. The Hall–Kier alpha value is -1.80. The smallest absolute Gasteiger partial charge is 0.205 e. The Labute approximate surface area is 123 Å². The summed E-state index contributed by atoms with van der Waals surface area (Å²) in [6, 6.07) is 5.62. The van der Waals surface area contributed by atoms with Gasteiger partial charge in [0.2, 0.25) is 5.11 Å². The van der Waals surface area contributed by atoms with Crippen LogP contribution in [-0.4, -0.2) is 39.9 Å². The summed E-state index contributed by atoms with van der Waals surface area (Å²) in [7, 11) is 3.66. The van der Waals surface area contributed by atoms with E-state index in [9.17, 15) is 0 Å². The zero-order valence-electron chi connectivity index (χ0n) is 11.0. The molecule has 3 N–H and O–H groups in total. The van der Waals surface area contributed by atoms with E-state index in [2.05, 4.69) is 26.4 Å². The number of pyridine rings is 1. The Bertz CT molecular complexity index is 471. The van der Waals surface area contributed by atoms with Gasteiger partial charge in [0.15, 0.2) is 5.11 Å². The van der Waals surface area contributed by atoms with Crippen molar-refractivity contribution < 1.29 is 0 Å². The molecular weight excluding hydrogens is 280 g/mol. The lowest BCUT2D eigenvalue weighted by Crippen LogP contribution is -2.49. The first kappa shape index (κ1) is 15.3. The van der Waals surface area contributed by atoms with E-state index >= 15 is 0 Å². The highest BCUT2D eigenvalue weighted by Crippen LogP contribution is 1.94. The van der Waals surface area contributed by atoms with Crippen LogP contribution in [0.15, 0.2) is 29.5 Å². The molecule has 0 unspecified atom stereocenters. The number of hydrazine groups is 1. The molecular formula is C11H16N6S2. The standard InChI is InChI=1S/C11H16N6S2/c1-8(9-6-4-5-7-12-9)13-14-10(18)15-16-11(19)17(2)3/h4-7H,1-3H3,(H,16,19)(H2,14,15,18)/b13-8+. The first-order chi connectivity index (χ1) is 9.00. The summed E-state index contributed by atoms with van der Waals surface area (Å²) in [5.74, 6) is 0. The van der Waals surface area contributed by atoms with E-state index in [4.69, 9.17) is 24.4 Å². The molecule has 6 nitrogen and oxygen atoms in total. The zero-order chi connectivity index (χ0) is 14.3. The maximum absolute atomic E-state index is 5.04. The molecule has 19 heavy (non-hydrogen) atoms. The maximum Gasteiger partial charge on any atom is 0.205 e. The van der Waals surface area contributed by atoms with Gasteiger partial charge in [-0.3, -0.25) is 21.3 Å². The second-order valence-corrected chi connectivity index (χ2v) is 4.60. The lowest BCUT2D eigenvalue weighted by atomic mass is 10.3. The van der Waals surface area contributed by atoms with Crippen molar-refractivity contribution in [2.45, 2.75) is 6.92 Å². The Morgan fingerprint density at radius 3 is 2.58 bits per heavy atom. The van der Waals surface area contributed by atoms with Crippen LogP contribution in [0.1, 0.15) is 12.6 Å². The van der Waals surface area contributed by atoms with Gasteiger partial charge in [-0.25, -0.2) is 0 Å². The molecule has 1 heterocycles. The molecule has 0 aliphatic carbocycles. The number of nitrogens with one attached hydrogen (secondary N) is 3. The third-order valence-corrected chi connectivity index (χ3v) is 2.71. The molecule has 0 spiro atoms. The quantitative estimate of drug-likeness (QED) is 0.420. The van der Waals surface area contributed by atoms with Crippen LogP contribution in [0.25, 0.3) is 0 Å². The Kier molecular flexibility index (Phi) is 6.10. The van der Waals surface area contributed by atoms with E-state index in [0.717, 1.165) is 11.4 Å². The minimum atomic E-state index is 0.319. The van der Waals surface area contributed by atoms with Crippen molar-refractivity contribution in [2.75, 3.05) is 14.1 Å². The third-order valence-electron chi connectivity index (χ3n) is 2.05. The number of rotatable bonds is 2. The first-order valence-corrected chi connectivity index (χ1v) is 6.31. The molecule has 1 aromatic heterocycles. The van der Waals surface area contributed by atoms with Gasteiger partial charge in [0.25, 0.3) is 0 Å². The molecule has 0 bridgehead atoms. The van der Waals surface area contributed by atoms with Crippen LogP contribution in [-0.2, 0) is 0 Å². The molecule has 0 atom stereocenters. The summed E-state index contributed by atoms with van der Waals surface area (Å²) >= 11 is 10.1. The summed E-state index contributed by atoms with van der Waals surface area (Å²) in [4.78, 5) is 5.92. The fourth-order valence-electron chi connectivity index (χ4n) is 1.02. The predicted molar refractivity (Wildman–Crippen MR) is 84.7 cm³/mol. The van der Waals surface area contributed by atoms with Gasteiger partial charge >= 0.3 is 0 Å². The molecule has 1 rings (SSSR count). The van der Waals surface area contributed by atoms with E-state index in [1.54, 1.807) is 11.1 Å². The van der Waals surface area contributed by atoms with Gasteiger partial charge in [-0.2, -0.15) is 5.10 Å². The van der Waals surface area contributed by atoms with E-state index in [1.807, 2.05) is 39.2 Å². The molecule has 1 aromatic rings. The number of nitrogens with zero attached hydrogens (tertiary/aromatic N) is 3. The average Bonchev–Trinajstić information content (AvgIpc) is 2.42. The van der Waals surface area contributed by atoms with Crippen LogP contribution in [0.2, 0.25) is 0 Å². The molecule has 8 heteroatoms. The van der Waals surface area contributed by atoms with Gasteiger partial charge in [0, 0.05) is 20.3 Å². The van der Waals surface area contributed by atoms with Crippen LogP contribution in [0.5, 0.6) is 0 Å². The normalized spacial score (nSPS) is 10.6. The highest BCUT2D eigenvalue weighted by atomic mass is 32.1. The van der Waals surface area contributed by atoms with Gasteiger partial charge in [-0.05, 0) is 43.5 Å². The number of hydrazone groups is 1. The van der Waals surface area contributed by atoms with Crippen molar-refractivity contribution in [3.63, 3.8) is 0 Å². The fourth-order valence-corrected chi connectivity index (χ4v) is 1.17. The van der Waals surface area contributed by atoms with Crippen molar-refractivity contribution in [2.24, 2.45) is 5.10 Å². The average molecular weight is 296 g/mol. The number of hydrogen-bond donors (Lipinski definition) is 3.